The largest absolute Gasteiger partial charge is 0.382 e. The summed E-state index contributed by atoms with van der Waals surface area (Å²) in [5.74, 6) is -1.79. The third-order valence-electron chi connectivity index (χ3n) is 2.48. The topological polar surface area (TPSA) is 47.6 Å². The van der Waals surface area contributed by atoms with Crippen molar-refractivity contribution in [3.63, 3.8) is 0 Å². The van der Waals surface area contributed by atoms with E-state index in [9.17, 15) is 13.6 Å². The van der Waals surface area contributed by atoms with Crippen LogP contribution in [0, 0.1) is 11.6 Å². The van der Waals surface area contributed by atoms with Crippen molar-refractivity contribution >= 4 is 17.7 Å². The second-order valence-electron chi connectivity index (χ2n) is 4.17. The van der Waals surface area contributed by atoms with Gasteiger partial charge in [0.05, 0.1) is 19.0 Å². The minimum Gasteiger partial charge on any atom is -0.382 e. The van der Waals surface area contributed by atoms with Crippen LogP contribution >= 0.6 is 11.8 Å². The lowest BCUT2D eigenvalue weighted by molar-refractivity contribution is -0.118. The molecule has 0 aliphatic heterocycles. The van der Waals surface area contributed by atoms with Crippen molar-refractivity contribution in [3.8, 4) is 0 Å². The highest BCUT2D eigenvalue weighted by Gasteiger charge is 2.06. The summed E-state index contributed by atoms with van der Waals surface area (Å²) in [5, 5.41) is 2.73. The Hall–Kier alpha value is -1.18. The van der Waals surface area contributed by atoms with Crippen molar-refractivity contribution in [3.05, 3.63) is 29.8 Å². The van der Waals surface area contributed by atoms with Crippen LogP contribution in [0.4, 0.5) is 8.78 Å². The SMILES string of the molecule is COCCOCCCNC(=O)CSc1ccc(F)c(F)c1. The molecule has 1 aromatic rings. The molecule has 0 aliphatic carbocycles. The number of thioether (sulfide) groups is 1. The Balaban J connectivity index is 2.09. The molecule has 1 N–H and O–H groups in total. The van der Waals surface area contributed by atoms with E-state index in [1.807, 2.05) is 0 Å². The van der Waals surface area contributed by atoms with Gasteiger partial charge in [-0.1, -0.05) is 0 Å². The number of methoxy groups -OCH3 is 1. The van der Waals surface area contributed by atoms with E-state index in [-0.39, 0.29) is 11.7 Å². The average molecular weight is 319 g/mol. The molecule has 0 heterocycles. The molecule has 0 atom stereocenters. The molecule has 21 heavy (non-hydrogen) atoms. The second-order valence-corrected chi connectivity index (χ2v) is 5.22. The number of rotatable bonds is 10. The van der Waals surface area contributed by atoms with Gasteiger partial charge in [0.15, 0.2) is 11.6 Å². The third-order valence-corrected chi connectivity index (χ3v) is 3.47. The van der Waals surface area contributed by atoms with Crippen molar-refractivity contribution in [2.45, 2.75) is 11.3 Å². The molecule has 0 fully saturated rings. The molecule has 1 rings (SSSR count). The van der Waals surface area contributed by atoms with Crippen molar-refractivity contribution < 1.29 is 23.0 Å². The van der Waals surface area contributed by atoms with Gasteiger partial charge in [-0.2, -0.15) is 0 Å². The van der Waals surface area contributed by atoms with Gasteiger partial charge in [-0.25, -0.2) is 8.78 Å². The van der Waals surface area contributed by atoms with Gasteiger partial charge in [-0.3, -0.25) is 4.79 Å². The molecular formula is C14H19F2NO3S. The van der Waals surface area contributed by atoms with Gasteiger partial charge in [0.2, 0.25) is 5.91 Å². The fourth-order valence-electron chi connectivity index (χ4n) is 1.41. The number of hydrogen-bond donors (Lipinski definition) is 1. The van der Waals surface area contributed by atoms with Gasteiger partial charge >= 0.3 is 0 Å². The number of carbonyl (C=O) groups excluding carboxylic acids is 1. The number of nitrogens with one attached hydrogen (secondary N) is 1. The Morgan fingerprint density at radius 3 is 2.76 bits per heavy atom. The van der Waals surface area contributed by atoms with Gasteiger partial charge in [-0.05, 0) is 24.6 Å². The van der Waals surface area contributed by atoms with Gasteiger partial charge in [0, 0.05) is 25.2 Å². The van der Waals surface area contributed by atoms with E-state index in [0.29, 0.717) is 37.7 Å². The monoisotopic (exact) mass is 319 g/mol. The van der Waals surface area contributed by atoms with E-state index in [1.54, 1.807) is 7.11 Å². The Labute approximate surface area is 127 Å². The fourth-order valence-corrected chi connectivity index (χ4v) is 2.16. The molecule has 0 radical (unpaired) electrons. The van der Waals surface area contributed by atoms with Gasteiger partial charge in [-0.15, -0.1) is 11.8 Å². The molecule has 7 heteroatoms. The first-order valence-electron chi connectivity index (χ1n) is 6.54. The summed E-state index contributed by atoms with van der Waals surface area (Å²) in [6, 6.07) is 3.57. The summed E-state index contributed by atoms with van der Waals surface area (Å²) in [4.78, 5) is 12.1. The third kappa shape index (κ3) is 7.99. The number of halogens is 2. The number of ether oxygens (including phenoxy) is 2. The second kappa shape index (κ2) is 10.5. The fraction of sp³-hybridized carbons (Fsp3) is 0.500. The predicted octanol–water partition coefficient (Wildman–Crippen LogP) is 2.23. The number of benzene rings is 1. The summed E-state index contributed by atoms with van der Waals surface area (Å²) >= 11 is 1.16. The molecule has 0 saturated carbocycles. The van der Waals surface area contributed by atoms with Crippen LogP contribution in [0.25, 0.3) is 0 Å². The van der Waals surface area contributed by atoms with Crippen molar-refractivity contribution in [1.82, 2.24) is 5.32 Å². The highest BCUT2D eigenvalue weighted by Crippen LogP contribution is 2.19. The standard InChI is InChI=1S/C14H19F2NO3S/c1-19-7-8-20-6-2-5-17-14(18)10-21-11-3-4-12(15)13(16)9-11/h3-4,9H,2,5-8,10H2,1H3,(H,17,18). The van der Waals surface area contributed by atoms with E-state index in [1.165, 1.54) is 6.07 Å². The van der Waals surface area contributed by atoms with Gasteiger partial charge < -0.3 is 14.8 Å². The number of carbonyl (C=O) groups is 1. The molecule has 4 nitrogen and oxygen atoms in total. The van der Waals surface area contributed by atoms with Crippen LogP contribution in [-0.4, -0.2) is 45.1 Å². The zero-order valence-electron chi connectivity index (χ0n) is 11.9. The van der Waals surface area contributed by atoms with Crippen LogP contribution in [-0.2, 0) is 14.3 Å². The molecule has 1 amide bonds. The molecule has 0 unspecified atom stereocenters. The van der Waals surface area contributed by atoms with Crippen LogP contribution in [0.3, 0.4) is 0 Å². The smallest absolute Gasteiger partial charge is 0.230 e. The Kier molecular flexibility index (Phi) is 8.96. The molecule has 118 valence electrons. The van der Waals surface area contributed by atoms with Crippen LogP contribution in [0.15, 0.2) is 23.1 Å². The van der Waals surface area contributed by atoms with Gasteiger partial charge in [0.1, 0.15) is 0 Å². The van der Waals surface area contributed by atoms with E-state index in [4.69, 9.17) is 9.47 Å². The zero-order chi connectivity index (χ0) is 15.5. The lowest BCUT2D eigenvalue weighted by atomic mass is 10.3. The van der Waals surface area contributed by atoms with Crippen molar-refractivity contribution in [2.24, 2.45) is 0 Å². The molecule has 1 aromatic carbocycles. The maximum absolute atomic E-state index is 13.0. The molecule has 0 aromatic heterocycles. The van der Waals surface area contributed by atoms with Crippen LogP contribution < -0.4 is 5.32 Å². The summed E-state index contributed by atoms with van der Waals surface area (Å²) in [5.41, 5.74) is 0. The normalized spacial score (nSPS) is 10.6. The molecular weight excluding hydrogens is 300 g/mol. The first-order valence-corrected chi connectivity index (χ1v) is 7.53. The highest BCUT2D eigenvalue weighted by atomic mass is 32.2. The van der Waals surface area contributed by atoms with E-state index in [2.05, 4.69) is 5.32 Å². The summed E-state index contributed by atoms with van der Waals surface area (Å²) in [6.45, 7) is 2.16. The van der Waals surface area contributed by atoms with Crippen LogP contribution in [0.5, 0.6) is 0 Å². The predicted molar refractivity (Wildman–Crippen MR) is 77.4 cm³/mol. The minimum absolute atomic E-state index is 0.151. The summed E-state index contributed by atoms with van der Waals surface area (Å²) in [6.07, 6.45) is 0.714. The first-order chi connectivity index (χ1) is 10.1. The van der Waals surface area contributed by atoms with E-state index < -0.39 is 11.6 Å². The summed E-state index contributed by atoms with van der Waals surface area (Å²) < 4.78 is 35.8. The van der Waals surface area contributed by atoms with Crippen LogP contribution in [0.1, 0.15) is 6.42 Å². The first kappa shape index (κ1) is 17.9. The maximum Gasteiger partial charge on any atom is 0.230 e. The maximum atomic E-state index is 13.0. The highest BCUT2D eigenvalue weighted by molar-refractivity contribution is 8.00. The Bertz CT molecular complexity index is 446. The van der Waals surface area contributed by atoms with Crippen molar-refractivity contribution in [1.29, 1.82) is 0 Å². The van der Waals surface area contributed by atoms with Crippen molar-refractivity contribution in [2.75, 3.05) is 39.2 Å². The zero-order valence-corrected chi connectivity index (χ0v) is 12.7. The molecule has 0 spiro atoms. The molecule has 0 saturated heterocycles. The molecule has 0 aliphatic rings. The Morgan fingerprint density at radius 1 is 1.24 bits per heavy atom. The Morgan fingerprint density at radius 2 is 2.05 bits per heavy atom. The number of amides is 1. The lowest BCUT2D eigenvalue weighted by Crippen LogP contribution is -2.27. The van der Waals surface area contributed by atoms with E-state index in [0.717, 1.165) is 23.9 Å². The van der Waals surface area contributed by atoms with Gasteiger partial charge in [0.25, 0.3) is 0 Å². The number of hydrogen-bond acceptors (Lipinski definition) is 4. The van der Waals surface area contributed by atoms with E-state index >= 15 is 0 Å². The minimum atomic E-state index is -0.909. The summed E-state index contributed by atoms with van der Waals surface area (Å²) in [7, 11) is 1.61. The van der Waals surface area contributed by atoms with Crippen LogP contribution in [0.2, 0.25) is 0 Å². The average Bonchev–Trinajstić information content (AvgIpc) is 2.47. The quantitative estimate of drug-likeness (QED) is 0.531. The lowest BCUT2D eigenvalue weighted by Gasteiger charge is -2.06. The molecule has 0 bridgehead atoms.